The molecule has 0 unspecified atom stereocenters. The van der Waals surface area contributed by atoms with Gasteiger partial charge in [-0.05, 0) is 6.07 Å². The summed E-state index contributed by atoms with van der Waals surface area (Å²) in [5, 5.41) is 19.4. The molecule has 1 N–H and O–H groups in total. The Labute approximate surface area is 119 Å². The van der Waals surface area contributed by atoms with Gasteiger partial charge in [-0.25, -0.2) is 9.59 Å². The van der Waals surface area contributed by atoms with Crippen molar-refractivity contribution in [2.24, 2.45) is 0 Å². The summed E-state index contributed by atoms with van der Waals surface area (Å²) in [6.45, 7) is 0. The zero-order chi connectivity index (χ0) is 12.3. The van der Waals surface area contributed by atoms with Gasteiger partial charge in [-0.1, -0.05) is 6.07 Å². The maximum Gasteiger partial charge on any atom is 1.00 e. The minimum absolute atomic E-state index is 0. The molecule has 0 fully saturated rings. The second kappa shape index (κ2) is 6.33. The van der Waals surface area contributed by atoms with Gasteiger partial charge in [0.25, 0.3) is 5.69 Å². The van der Waals surface area contributed by atoms with Gasteiger partial charge >= 0.3 is 41.5 Å². The summed E-state index contributed by atoms with van der Waals surface area (Å²) in [4.78, 5) is 31.8. The van der Waals surface area contributed by atoms with Gasteiger partial charge in [-0.15, -0.1) is 0 Å². The Hall–Kier alpha value is -1.44. The summed E-state index contributed by atoms with van der Waals surface area (Å²) in [6.07, 6.45) is 0. The summed E-state index contributed by atoms with van der Waals surface area (Å²) >= 11 is 0. The van der Waals surface area contributed by atoms with Crippen molar-refractivity contribution in [3.05, 3.63) is 39.4 Å². The molecule has 0 aliphatic rings. The van der Waals surface area contributed by atoms with Crippen LogP contribution in [-0.4, -0.2) is 29.1 Å². The van der Waals surface area contributed by atoms with Gasteiger partial charge in [0.05, 0.1) is 17.6 Å². The maximum absolute atomic E-state index is 11.2. The average molecular weight is 249 g/mol. The Balaban J connectivity index is 0. The molecular weight excluding hydrogens is 241 g/mol. The van der Waals surface area contributed by atoms with E-state index < -0.39 is 28.1 Å². The molecule has 1 aromatic carbocycles. The minimum atomic E-state index is -1.55. The van der Waals surface area contributed by atoms with E-state index in [2.05, 4.69) is 4.74 Å². The minimum Gasteiger partial charge on any atom is -1.00 e. The summed E-state index contributed by atoms with van der Waals surface area (Å²) in [5.74, 6) is -2.48. The average Bonchev–Trinajstić information content (AvgIpc) is 2.26. The van der Waals surface area contributed by atoms with Gasteiger partial charge < -0.3 is 11.3 Å². The van der Waals surface area contributed by atoms with Gasteiger partial charge in [0.2, 0.25) is 0 Å². The molecule has 1 aromatic rings. The Morgan fingerprint density at radius 1 is 1.47 bits per heavy atom. The number of carboxylic acids is 1. The Morgan fingerprint density at radius 3 is 2.47 bits per heavy atom. The van der Waals surface area contributed by atoms with Crippen molar-refractivity contribution < 1.29 is 55.3 Å². The fourth-order valence-corrected chi connectivity index (χ4v) is 1.20. The van der Waals surface area contributed by atoms with E-state index in [-0.39, 0.29) is 36.5 Å². The van der Waals surface area contributed by atoms with Gasteiger partial charge in [-0.3, -0.25) is 10.1 Å². The van der Waals surface area contributed by atoms with Crippen LogP contribution in [0.4, 0.5) is 5.69 Å². The molecule has 0 saturated heterocycles. The predicted molar refractivity (Wildman–Crippen MR) is 52.5 cm³/mol. The molecule has 0 spiro atoms. The third kappa shape index (κ3) is 3.26. The predicted octanol–water partition coefficient (Wildman–Crippen LogP) is -1.80. The molecular formula is C9H8NNaO6. The standard InChI is InChI=1S/C9H7NO6.Na.H/c1-16-9(13)5-3-2-4-6(10(14)15)7(5)8(11)12;;/h2-4H,1H3,(H,11,12);;/q;+1;-1. The molecule has 0 heterocycles. The van der Waals surface area contributed by atoms with Crippen LogP contribution >= 0.6 is 0 Å². The molecule has 17 heavy (non-hydrogen) atoms. The fourth-order valence-electron chi connectivity index (χ4n) is 1.20. The van der Waals surface area contributed by atoms with Crippen LogP contribution in [0.1, 0.15) is 22.1 Å². The number of nitrogens with zero attached hydrogens (tertiary/aromatic N) is 1. The largest absolute Gasteiger partial charge is 1.00 e. The van der Waals surface area contributed by atoms with E-state index in [0.717, 1.165) is 19.2 Å². The van der Waals surface area contributed by atoms with Crippen LogP contribution in [0.2, 0.25) is 0 Å². The normalized spacial score (nSPS) is 9.00. The zero-order valence-electron chi connectivity index (χ0n) is 10.2. The van der Waals surface area contributed by atoms with Crippen LogP contribution in [0.3, 0.4) is 0 Å². The molecule has 1 rings (SSSR count). The van der Waals surface area contributed by atoms with E-state index in [4.69, 9.17) is 5.11 Å². The van der Waals surface area contributed by atoms with Gasteiger partial charge in [0.1, 0.15) is 0 Å². The van der Waals surface area contributed by atoms with Gasteiger partial charge in [-0.2, -0.15) is 0 Å². The molecule has 0 amide bonds. The number of rotatable bonds is 3. The van der Waals surface area contributed by atoms with Crippen molar-refractivity contribution in [3.63, 3.8) is 0 Å². The monoisotopic (exact) mass is 249 g/mol. The van der Waals surface area contributed by atoms with Crippen molar-refractivity contribution in [1.29, 1.82) is 0 Å². The van der Waals surface area contributed by atoms with Crippen LogP contribution in [0.25, 0.3) is 0 Å². The topological polar surface area (TPSA) is 107 Å². The number of carbonyl (C=O) groups excluding carboxylic acids is 1. The van der Waals surface area contributed by atoms with Crippen molar-refractivity contribution in [1.82, 2.24) is 0 Å². The van der Waals surface area contributed by atoms with E-state index >= 15 is 0 Å². The first-order chi connectivity index (χ1) is 7.49. The van der Waals surface area contributed by atoms with E-state index in [0.29, 0.717) is 0 Å². The van der Waals surface area contributed by atoms with Gasteiger partial charge in [0, 0.05) is 6.07 Å². The van der Waals surface area contributed by atoms with E-state index in [1.54, 1.807) is 0 Å². The number of nitro benzene ring substituents is 1. The molecule has 0 aliphatic carbocycles. The Morgan fingerprint density at radius 2 is 2.06 bits per heavy atom. The molecule has 0 radical (unpaired) electrons. The van der Waals surface area contributed by atoms with Gasteiger partial charge in [0.15, 0.2) is 5.56 Å². The SMILES string of the molecule is COC(=O)c1cccc([N+](=O)[O-])c1C(=O)O.[H-].[Na+]. The molecule has 0 saturated carbocycles. The molecule has 8 heteroatoms. The number of ether oxygens (including phenoxy) is 1. The van der Waals surface area contributed by atoms with Crippen molar-refractivity contribution in [3.8, 4) is 0 Å². The number of hydrogen-bond acceptors (Lipinski definition) is 5. The fraction of sp³-hybridized carbons (Fsp3) is 0.111. The number of nitro groups is 1. The van der Waals surface area contributed by atoms with E-state index in [9.17, 15) is 19.7 Å². The summed E-state index contributed by atoms with van der Waals surface area (Å²) in [6, 6.07) is 3.38. The number of hydrogen-bond donors (Lipinski definition) is 1. The summed E-state index contributed by atoms with van der Waals surface area (Å²) in [5.41, 5.74) is -1.65. The summed E-state index contributed by atoms with van der Waals surface area (Å²) in [7, 11) is 1.06. The molecule has 86 valence electrons. The molecule has 7 nitrogen and oxygen atoms in total. The Bertz CT molecular complexity index is 478. The van der Waals surface area contributed by atoms with Crippen molar-refractivity contribution >= 4 is 17.6 Å². The molecule has 0 bridgehead atoms. The van der Waals surface area contributed by atoms with Crippen LogP contribution < -0.4 is 29.6 Å². The third-order valence-electron chi connectivity index (χ3n) is 1.86. The smallest absolute Gasteiger partial charge is 1.00 e. The number of carboxylic acid groups (broad SMARTS) is 1. The van der Waals surface area contributed by atoms with E-state index in [1.165, 1.54) is 6.07 Å². The van der Waals surface area contributed by atoms with Crippen molar-refractivity contribution in [2.45, 2.75) is 0 Å². The number of benzene rings is 1. The second-order valence-electron chi connectivity index (χ2n) is 2.75. The molecule has 0 aliphatic heterocycles. The molecule has 0 aromatic heterocycles. The van der Waals surface area contributed by atoms with Crippen LogP contribution in [-0.2, 0) is 4.74 Å². The third-order valence-corrected chi connectivity index (χ3v) is 1.86. The van der Waals surface area contributed by atoms with Crippen molar-refractivity contribution in [2.75, 3.05) is 7.11 Å². The zero-order valence-corrected chi connectivity index (χ0v) is 11.2. The number of esters is 1. The van der Waals surface area contributed by atoms with Crippen LogP contribution in [0.15, 0.2) is 18.2 Å². The maximum atomic E-state index is 11.2. The molecule has 0 atom stereocenters. The van der Waals surface area contributed by atoms with Crippen LogP contribution in [0, 0.1) is 10.1 Å². The first kappa shape index (κ1) is 15.6. The quantitative estimate of drug-likeness (QED) is 0.293. The van der Waals surface area contributed by atoms with Crippen LogP contribution in [0.5, 0.6) is 0 Å². The second-order valence-corrected chi connectivity index (χ2v) is 2.75. The first-order valence-electron chi connectivity index (χ1n) is 4.08. The number of aromatic carboxylic acids is 1. The summed E-state index contributed by atoms with van der Waals surface area (Å²) < 4.78 is 4.34. The Kier molecular flexibility index (Phi) is 5.80. The number of methoxy groups -OCH3 is 1. The van der Waals surface area contributed by atoms with E-state index in [1.807, 2.05) is 0 Å². The first-order valence-corrected chi connectivity index (χ1v) is 4.08. The number of carbonyl (C=O) groups is 2.